The summed E-state index contributed by atoms with van der Waals surface area (Å²) in [5.41, 5.74) is 1.13. The number of aliphatic hydroxyl groups is 3. The van der Waals surface area contributed by atoms with Crippen LogP contribution in [0.2, 0.25) is 0 Å². The molecule has 1 amide bonds. The van der Waals surface area contributed by atoms with Gasteiger partial charge in [0.15, 0.2) is 5.78 Å². The Labute approximate surface area is 392 Å². The summed E-state index contributed by atoms with van der Waals surface area (Å²) in [6.07, 6.45) is 6.14. The van der Waals surface area contributed by atoms with E-state index < -0.39 is 89.8 Å². The quantitative estimate of drug-likeness (QED) is 0.169. The number of carbonyl (C=O) groups is 6. The summed E-state index contributed by atoms with van der Waals surface area (Å²) in [6, 6.07) is -1.16. The molecular weight excluding hydrogens is 851 g/mol. The van der Waals surface area contributed by atoms with Crippen molar-refractivity contribution in [3.8, 4) is 0 Å². The standard InChI is InChI=1S/C51H79NO14/c1-29-15-11-12-17-39(53)30(2)23-33(5)45(56)47(64-10)46(57)34(6)24-31(3)41(55)28-43(32(4)25-36-19-21-40(54)44(26-36)63-9)65-50(60)38-16-13-14-22-52(38)49(59)48(58)51(61)35(7)18-20-37(66-51)27-42(29)62-8/h11-12,15,24,30-33,35-38,40,42-44,46-47,54,57,61H,13-14,16-23,25-28H2,1-10H3/b12-11?,29-15?,34-24+/t30-,31+,32+,33+,35+,36?,37?,38-,40+,42-,43-,44+,46+,47-,51+/m0/s1. The predicted octanol–water partition coefficient (Wildman–Crippen LogP) is 5.58. The second kappa shape index (κ2) is 25.2. The number of rotatable bonds is 6. The number of hydrogen-bond donors (Lipinski definition) is 3. The van der Waals surface area contributed by atoms with Crippen molar-refractivity contribution in [2.45, 2.75) is 186 Å². The third kappa shape index (κ3) is 14.1. The molecule has 3 fully saturated rings. The Morgan fingerprint density at radius 3 is 2.21 bits per heavy atom. The fourth-order valence-electron chi connectivity index (χ4n) is 10.2. The van der Waals surface area contributed by atoms with Gasteiger partial charge in [0.1, 0.15) is 35.9 Å². The van der Waals surface area contributed by atoms with E-state index >= 15 is 0 Å². The monoisotopic (exact) mass is 930 g/mol. The van der Waals surface area contributed by atoms with E-state index in [1.54, 1.807) is 60.0 Å². The van der Waals surface area contributed by atoms with Crippen molar-refractivity contribution < 1.29 is 67.8 Å². The predicted molar refractivity (Wildman–Crippen MR) is 246 cm³/mol. The van der Waals surface area contributed by atoms with E-state index in [0.717, 1.165) is 5.57 Å². The molecule has 4 rings (SSSR count). The summed E-state index contributed by atoms with van der Waals surface area (Å²) in [6.45, 7) is 12.2. The molecule has 0 aromatic rings. The van der Waals surface area contributed by atoms with Crippen LogP contribution >= 0.6 is 0 Å². The number of ether oxygens (including phenoxy) is 5. The lowest BCUT2D eigenvalue weighted by Gasteiger charge is -2.42. The highest BCUT2D eigenvalue weighted by atomic mass is 16.6. The van der Waals surface area contributed by atoms with Crippen molar-refractivity contribution in [2.24, 2.45) is 35.5 Å². The SMILES string of the molecule is CO[C@H]1CC2CC[C@@H](C)[C@@](O)(O2)C(=O)C(=O)N2CCCC[C@H]2C(=O)O[C@H]([C@H](C)CC2CC[C@@H](O)[C@H](OC)C2)CC(=O)[C@H](C)/C=C(\C)[C@@H](O)[C@@H](OC)C(=O)[C@H](C)C[C@H](C)C(=O)CC=CC=C1C. The van der Waals surface area contributed by atoms with Crippen LogP contribution in [-0.4, -0.2) is 138 Å². The molecule has 3 N–H and O–H groups in total. The zero-order chi connectivity index (χ0) is 49.0. The van der Waals surface area contributed by atoms with Crippen LogP contribution in [0.15, 0.2) is 35.5 Å². The van der Waals surface area contributed by atoms with Crippen LogP contribution in [0.25, 0.3) is 0 Å². The number of piperidine rings is 1. The van der Waals surface area contributed by atoms with Crippen LogP contribution < -0.4 is 0 Å². The first-order chi connectivity index (χ1) is 31.2. The lowest BCUT2D eigenvalue weighted by atomic mass is 9.78. The van der Waals surface area contributed by atoms with Gasteiger partial charge in [0.25, 0.3) is 11.7 Å². The highest BCUT2D eigenvalue weighted by molar-refractivity contribution is 6.39. The Bertz CT molecular complexity index is 1790. The molecule has 1 aliphatic carbocycles. The summed E-state index contributed by atoms with van der Waals surface area (Å²) in [5, 5.41) is 33.8. The van der Waals surface area contributed by atoms with E-state index in [1.807, 2.05) is 19.9 Å². The number of cyclic esters (lactones) is 1. The average molecular weight is 930 g/mol. The summed E-state index contributed by atoms with van der Waals surface area (Å²) in [5.74, 6) is -9.06. The Morgan fingerprint density at radius 1 is 0.833 bits per heavy atom. The van der Waals surface area contributed by atoms with Gasteiger partial charge in [0.05, 0.1) is 24.4 Å². The summed E-state index contributed by atoms with van der Waals surface area (Å²) >= 11 is 0. The van der Waals surface area contributed by atoms with E-state index in [0.29, 0.717) is 56.9 Å². The van der Waals surface area contributed by atoms with Gasteiger partial charge in [-0.05, 0) is 101 Å². The van der Waals surface area contributed by atoms with E-state index in [2.05, 4.69) is 0 Å². The number of amides is 1. The highest BCUT2D eigenvalue weighted by Crippen LogP contribution is 2.38. The molecular formula is C51H79NO14. The van der Waals surface area contributed by atoms with Gasteiger partial charge in [-0.2, -0.15) is 0 Å². The molecule has 4 aliphatic rings. The summed E-state index contributed by atoms with van der Waals surface area (Å²) in [4.78, 5) is 85.0. The number of methoxy groups -OCH3 is 3. The van der Waals surface area contributed by atoms with E-state index in [1.165, 1.54) is 19.1 Å². The molecule has 0 aromatic heterocycles. The smallest absolute Gasteiger partial charge is 0.329 e. The third-order valence-electron chi connectivity index (χ3n) is 14.8. The molecule has 15 atom stereocenters. The largest absolute Gasteiger partial charge is 0.460 e. The second-order valence-electron chi connectivity index (χ2n) is 19.8. The lowest BCUT2D eigenvalue weighted by Crippen LogP contribution is -2.61. The van der Waals surface area contributed by atoms with Crippen molar-refractivity contribution in [3.05, 3.63) is 35.5 Å². The zero-order valence-electron chi connectivity index (χ0n) is 41.1. The molecule has 2 bridgehead atoms. The van der Waals surface area contributed by atoms with Crippen molar-refractivity contribution in [3.63, 3.8) is 0 Å². The van der Waals surface area contributed by atoms with Gasteiger partial charge >= 0.3 is 5.97 Å². The molecule has 1 saturated carbocycles. The van der Waals surface area contributed by atoms with Crippen LogP contribution in [0.5, 0.6) is 0 Å². The van der Waals surface area contributed by atoms with Crippen molar-refractivity contribution in [1.82, 2.24) is 4.90 Å². The Morgan fingerprint density at radius 2 is 1.55 bits per heavy atom. The molecule has 66 heavy (non-hydrogen) atoms. The van der Waals surface area contributed by atoms with E-state index in [9.17, 15) is 44.1 Å². The summed E-state index contributed by atoms with van der Waals surface area (Å²) < 4.78 is 29.3. The van der Waals surface area contributed by atoms with Crippen LogP contribution in [0.1, 0.15) is 132 Å². The number of Topliss-reactive ketones (excluding diaryl/α,β-unsaturated/α-hetero) is 4. The first-order valence-electron chi connectivity index (χ1n) is 24.2. The normalized spacial score (nSPS) is 38.5. The molecule has 3 heterocycles. The molecule has 2 unspecified atom stereocenters. The van der Waals surface area contributed by atoms with Crippen LogP contribution in [0.3, 0.4) is 0 Å². The molecule has 3 aliphatic heterocycles. The number of aliphatic hydroxyl groups excluding tert-OH is 2. The molecule has 372 valence electrons. The Hall–Kier alpha value is -3.44. The molecule has 0 aromatic carbocycles. The highest BCUT2D eigenvalue weighted by Gasteiger charge is 2.53. The number of esters is 1. The molecule has 15 nitrogen and oxygen atoms in total. The maximum atomic E-state index is 14.4. The second-order valence-corrected chi connectivity index (χ2v) is 19.8. The van der Waals surface area contributed by atoms with Gasteiger partial charge < -0.3 is 43.9 Å². The molecule has 0 radical (unpaired) electrons. The maximum absolute atomic E-state index is 14.4. The van der Waals surface area contributed by atoms with Crippen LogP contribution in [-0.2, 0) is 52.5 Å². The van der Waals surface area contributed by atoms with E-state index in [-0.39, 0.29) is 73.9 Å². The molecule has 2 saturated heterocycles. The first-order valence-corrected chi connectivity index (χ1v) is 24.2. The van der Waals surface area contributed by atoms with Crippen molar-refractivity contribution in [2.75, 3.05) is 27.9 Å². The number of allylic oxidation sites excluding steroid dienone is 4. The molecule has 15 heteroatoms. The molecule has 0 spiro atoms. The van der Waals surface area contributed by atoms with Gasteiger partial charge in [-0.15, -0.1) is 0 Å². The van der Waals surface area contributed by atoms with Crippen LogP contribution in [0.4, 0.5) is 0 Å². The minimum absolute atomic E-state index is 0.0706. The Balaban J connectivity index is 1.70. The number of ketones is 4. The van der Waals surface area contributed by atoms with Gasteiger partial charge in [-0.1, -0.05) is 58.9 Å². The number of fused-ring (bicyclic) bond motifs is 3. The number of hydrogen-bond acceptors (Lipinski definition) is 14. The minimum Gasteiger partial charge on any atom is -0.460 e. The minimum atomic E-state index is -2.46. The van der Waals surface area contributed by atoms with Gasteiger partial charge in [-0.3, -0.25) is 24.0 Å². The number of carbonyl (C=O) groups excluding carboxylic acids is 6. The topological polar surface area (TPSA) is 212 Å². The van der Waals surface area contributed by atoms with Gasteiger partial charge in [0, 0.05) is 70.8 Å². The fourth-order valence-corrected chi connectivity index (χ4v) is 10.2. The third-order valence-corrected chi connectivity index (χ3v) is 14.8. The van der Waals surface area contributed by atoms with Crippen LogP contribution in [0, 0.1) is 35.5 Å². The number of nitrogens with zero attached hydrogens (tertiary/aromatic N) is 1. The maximum Gasteiger partial charge on any atom is 0.329 e. The van der Waals surface area contributed by atoms with Gasteiger partial charge in [0.2, 0.25) is 5.79 Å². The van der Waals surface area contributed by atoms with Crippen molar-refractivity contribution >= 4 is 35.0 Å². The lowest BCUT2D eigenvalue weighted by molar-refractivity contribution is -0.265. The van der Waals surface area contributed by atoms with Crippen molar-refractivity contribution in [1.29, 1.82) is 0 Å². The fraction of sp³-hybridized carbons (Fsp3) is 0.765. The average Bonchev–Trinajstić information content (AvgIpc) is 3.29. The first kappa shape index (κ1) is 55.2. The zero-order valence-corrected chi connectivity index (χ0v) is 41.1. The Kier molecular flexibility index (Phi) is 21.1. The van der Waals surface area contributed by atoms with E-state index in [4.69, 9.17) is 23.7 Å². The summed E-state index contributed by atoms with van der Waals surface area (Å²) in [7, 11) is 4.42. The van der Waals surface area contributed by atoms with Gasteiger partial charge in [-0.25, -0.2) is 4.79 Å².